The molecule has 1 aliphatic heterocycles. The fourth-order valence-electron chi connectivity index (χ4n) is 2.27. The lowest BCUT2D eigenvalue weighted by molar-refractivity contribution is 0.0697. The molecule has 2 aromatic carbocycles. The number of nitrogens with one attached hydrogen (secondary N) is 1. The van der Waals surface area contributed by atoms with Crippen LogP contribution in [0, 0.1) is 0 Å². The van der Waals surface area contributed by atoms with E-state index in [1.54, 1.807) is 18.3 Å². The van der Waals surface area contributed by atoms with Crippen LogP contribution in [0.5, 0.6) is 5.75 Å². The van der Waals surface area contributed by atoms with Crippen molar-refractivity contribution in [2.45, 2.75) is 13.0 Å². The summed E-state index contributed by atoms with van der Waals surface area (Å²) in [6, 6.07) is 14.2. The van der Waals surface area contributed by atoms with Crippen molar-refractivity contribution in [2.24, 2.45) is 5.10 Å². The first-order valence-electron chi connectivity index (χ1n) is 7.23. The summed E-state index contributed by atoms with van der Waals surface area (Å²) in [4.78, 5) is 10.8. The molecular weight excluding hydrogens is 292 g/mol. The Hall–Kier alpha value is -3.08. The minimum Gasteiger partial charge on any atom is -0.485 e. The van der Waals surface area contributed by atoms with Crippen LogP contribution in [0.2, 0.25) is 0 Å². The van der Waals surface area contributed by atoms with Crippen molar-refractivity contribution < 1.29 is 14.6 Å². The highest BCUT2D eigenvalue weighted by Gasteiger charge is 2.16. The molecule has 5 heteroatoms. The highest BCUT2D eigenvalue weighted by Crippen LogP contribution is 2.28. The summed E-state index contributed by atoms with van der Waals surface area (Å²) in [7, 11) is 0. The van der Waals surface area contributed by atoms with Gasteiger partial charge in [-0.3, -0.25) is 5.43 Å². The maximum atomic E-state index is 10.8. The zero-order valence-electron chi connectivity index (χ0n) is 12.6. The molecule has 0 saturated heterocycles. The van der Waals surface area contributed by atoms with Crippen molar-refractivity contribution in [1.82, 2.24) is 0 Å². The minimum atomic E-state index is -0.947. The van der Waals surface area contributed by atoms with Gasteiger partial charge >= 0.3 is 5.97 Å². The predicted octanol–water partition coefficient (Wildman–Crippen LogP) is 3.65. The molecule has 0 fully saturated rings. The topological polar surface area (TPSA) is 70.9 Å². The molecular formula is C18H16N2O3. The Morgan fingerprint density at radius 2 is 1.96 bits per heavy atom. The molecule has 2 aromatic rings. The van der Waals surface area contributed by atoms with Crippen LogP contribution in [0.15, 0.2) is 59.2 Å². The zero-order valence-corrected chi connectivity index (χ0v) is 12.6. The number of carbonyl (C=O) groups is 1. The summed E-state index contributed by atoms with van der Waals surface area (Å²) in [5.74, 6) is -0.0774. The Bertz CT molecular complexity index is 779. The third kappa shape index (κ3) is 3.40. The monoisotopic (exact) mass is 308 g/mol. The van der Waals surface area contributed by atoms with Gasteiger partial charge in [-0.05, 0) is 43.3 Å². The van der Waals surface area contributed by atoms with Gasteiger partial charge in [-0.25, -0.2) is 4.79 Å². The molecule has 116 valence electrons. The average Bonchev–Trinajstić information content (AvgIpc) is 2.56. The molecule has 0 bridgehead atoms. The molecule has 1 heterocycles. The van der Waals surface area contributed by atoms with Gasteiger partial charge in [-0.2, -0.15) is 5.10 Å². The van der Waals surface area contributed by atoms with Crippen molar-refractivity contribution in [3.8, 4) is 5.75 Å². The van der Waals surface area contributed by atoms with Crippen LogP contribution in [0.4, 0.5) is 5.69 Å². The second kappa shape index (κ2) is 6.36. The van der Waals surface area contributed by atoms with Crippen LogP contribution in [0.1, 0.15) is 22.8 Å². The second-order valence-corrected chi connectivity index (χ2v) is 5.19. The molecule has 23 heavy (non-hydrogen) atoms. The van der Waals surface area contributed by atoms with Crippen LogP contribution in [-0.4, -0.2) is 23.4 Å². The SMILES string of the molecule is C[C@@H]1Oc2ccccc2C=C1C=NNc1ccc(C(=O)O)cc1. The molecule has 0 spiro atoms. The Balaban J connectivity index is 1.70. The number of rotatable bonds is 4. The fraction of sp³-hybridized carbons (Fsp3) is 0.111. The molecule has 1 aliphatic rings. The quantitative estimate of drug-likeness (QED) is 0.668. The van der Waals surface area contributed by atoms with E-state index in [-0.39, 0.29) is 11.7 Å². The average molecular weight is 308 g/mol. The first-order valence-corrected chi connectivity index (χ1v) is 7.23. The number of ether oxygens (including phenoxy) is 1. The van der Waals surface area contributed by atoms with Crippen LogP contribution < -0.4 is 10.2 Å². The van der Waals surface area contributed by atoms with Gasteiger partial charge in [0.2, 0.25) is 0 Å². The molecule has 3 rings (SSSR count). The van der Waals surface area contributed by atoms with E-state index in [1.165, 1.54) is 12.1 Å². The summed E-state index contributed by atoms with van der Waals surface area (Å²) in [6.07, 6.45) is 3.68. The third-order valence-corrected chi connectivity index (χ3v) is 3.55. The molecule has 0 radical (unpaired) electrons. The maximum absolute atomic E-state index is 10.8. The van der Waals surface area contributed by atoms with Crippen molar-refractivity contribution >= 4 is 23.9 Å². The number of carboxylic acid groups (broad SMARTS) is 1. The molecule has 0 amide bonds. The summed E-state index contributed by atoms with van der Waals surface area (Å²) in [5.41, 5.74) is 5.83. The Labute approximate surface area is 133 Å². The number of aromatic carboxylic acids is 1. The number of fused-ring (bicyclic) bond motifs is 1. The molecule has 1 atom stereocenters. The van der Waals surface area contributed by atoms with E-state index in [0.717, 1.165) is 22.6 Å². The first kappa shape index (κ1) is 14.8. The van der Waals surface area contributed by atoms with Gasteiger partial charge in [0.05, 0.1) is 17.5 Å². The van der Waals surface area contributed by atoms with Gasteiger partial charge in [0.1, 0.15) is 11.9 Å². The van der Waals surface area contributed by atoms with E-state index in [0.29, 0.717) is 0 Å². The summed E-state index contributed by atoms with van der Waals surface area (Å²) < 4.78 is 5.84. The molecule has 0 aliphatic carbocycles. The Morgan fingerprint density at radius 1 is 1.22 bits per heavy atom. The molecule has 2 N–H and O–H groups in total. The van der Waals surface area contributed by atoms with Gasteiger partial charge in [0, 0.05) is 11.1 Å². The highest BCUT2D eigenvalue weighted by molar-refractivity contribution is 5.89. The number of hydrogen-bond acceptors (Lipinski definition) is 4. The van der Waals surface area contributed by atoms with Gasteiger partial charge in [0.25, 0.3) is 0 Å². The normalized spacial score (nSPS) is 16.4. The minimum absolute atomic E-state index is 0.0789. The number of nitrogens with zero attached hydrogens (tertiary/aromatic N) is 1. The number of hydrogen-bond donors (Lipinski definition) is 2. The lowest BCUT2D eigenvalue weighted by Crippen LogP contribution is -2.19. The number of anilines is 1. The summed E-state index contributed by atoms with van der Waals surface area (Å²) in [5, 5.41) is 13.1. The van der Waals surface area contributed by atoms with Gasteiger partial charge in [-0.15, -0.1) is 0 Å². The van der Waals surface area contributed by atoms with Crippen LogP contribution >= 0.6 is 0 Å². The first-order chi connectivity index (χ1) is 11.1. The van der Waals surface area contributed by atoms with Gasteiger partial charge in [-0.1, -0.05) is 18.2 Å². The van der Waals surface area contributed by atoms with Crippen LogP contribution in [0.25, 0.3) is 6.08 Å². The molecule has 0 aromatic heterocycles. The second-order valence-electron chi connectivity index (χ2n) is 5.19. The standard InChI is InChI=1S/C18H16N2O3/c1-12-15(10-14-4-2-3-5-17(14)23-12)11-19-20-16-8-6-13(7-9-16)18(21)22/h2-12,20H,1H3,(H,21,22)/t12-/m0/s1. The van der Waals surface area contributed by atoms with Crippen molar-refractivity contribution in [3.63, 3.8) is 0 Å². The largest absolute Gasteiger partial charge is 0.485 e. The van der Waals surface area contributed by atoms with Crippen molar-refractivity contribution in [2.75, 3.05) is 5.43 Å². The Morgan fingerprint density at radius 3 is 2.70 bits per heavy atom. The van der Waals surface area contributed by atoms with Crippen LogP contribution in [-0.2, 0) is 0 Å². The number of carboxylic acids is 1. The van der Waals surface area contributed by atoms with E-state index in [9.17, 15) is 4.79 Å². The van der Waals surface area contributed by atoms with E-state index >= 15 is 0 Å². The van der Waals surface area contributed by atoms with Crippen LogP contribution in [0.3, 0.4) is 0 Å². The van der Waals surface area contributed by atoms with Gasteiger partial charge < -0.3 is 9.84 Å². The van der Waals surface area contributed by atoms with E-state index in [2.05, 4.69) is 10.5 Å². The number of hydrazone groups is 1. The number of para-hydroxylation sites is 1. The summed E-state index contributed by atoms with van der Waals surface area (Å²) in [6.45, 7) is 1.97. The molecule has 0 saturated carbocycles. The lowest BCUT2D eigenvalue weighted by Gasteiger charge is -2.22. The Kier molecular flexibility index (Phi) is 4.10. The van der Waals surface area contributed by atoms with E-state index in [1.807, 2.05) is 37.3 Å². The maximum Gasteiger partial charge on any atom is 0.335 e. The lowest BCUT2D eigenvalue weighted by atomic mass is 10.0. The number of benzene rings is 2. The molecule has 5 nitrogen and oxygen atoms in total. The zero-order chi connectivity index (χ0) is 16.2. The smallest absolute Gasteiger partial charge is 0.335 e. The van der Waals surface area contributed by atoms with E-state index < -0.39 is 5.97 Å². The predicted molar refractivity (Wildman–Crippen MR) is 90.0 cm³/mol. The highest BCUT2D eigenvalue weighted by atomic mass is 16.5. The van der Waals surface area contributed by atoms with Crippen molar-refractivity contribution in [3.05, 3.63) is 65.2 Å². The van der Waals surface area contributed by atoms with E-state index in [4.69, 9.17) is 9.84 Å². The van der Waals surface area contributed by atoms with Gasteiger partial charge in [0.15, 0.2) is 0 Å². The fourth-order valence-corrected chi connectivity index (χ4v) is 2.27. The molecule has 0 unspecified atom stereocenters. The third-order valence-electron chi connectivity index (χ3n) is 3.55. The summed E-state index contributed by atoms with van der Waals surface area (Å²) >= 11 is 0. The van der Waals surface area contributed by atoms with Crippen molar-refractivity contribution in [1.29, 1.82) is 0 Å².